The summed E-state index contributed by atoms with van der Waals surface area (Å²) in [6, 6.07) is 13.1. The van der Waals surface area contributed by atoms with Crippen LogP contribution in [0.4, 0.5) is 14.6 Å². The number of amides is 2. The van der Waals surface area contributed by atoms with E-state index in [-0.39, 0.29) is 29.9 Å². The van der Waals surface area contributed by atoms with E-state index >= 15 is 0 Å². The molecule has 0 unspecified atom stereocenters. The zero-order valence-corrected chi connectivity index (χ0v) is 18.5. The topological polar surface area (TPSA) is 67.2 Å². The minimum absolute atomic E-state index is 0.0893. The number of carbonyl (C=O) groups is 2. The number of halogens is 2. The Morgan fingerprint density at radius 3 is 2.31 bits per heavy atom. The van der Waals surface area contributed by atoms with Gasteiger partial charge >= 0.3 is 0 Å². The minimum atomic E-state index is -0.638. The first kappa shape index (κ1) is 23.1. The maximum absolute atomic E-state index is 14.0. The lowest BCUT2D eigenvalue weighted by Crippen LogP contribution is -2.38. The van der Waals surface area contributed by atoms with Crippen LogP contribution < -0.4 is 5.32 Å². The van der Waals surface area contributed by atoms with E-state index in [1.165, 1.54) is 39.9 Å². The standard InChI is InChI=1S/C24H26F2N4O2/c1-5-29(23(32)18-8-6-7-9-19(18)26)15-22(31)27-21-14-20(24(2,3)4)28-30(21)17-12-10-16(25)11-13-17/h6-14H,5,15H2,1-4H3,(H,27,31). The van der Waals surface area contributed by atoms with Gasteiger partial charge in [0.05, 0.1) is 16.9 Å². The lowest BCUT2D eigenvalue weighted by atomic mass is 9.92. The van der Waals surface area contributed by atoms with Crippen LogP contribution in [0.25, 0.3) is 5.69 Å². The highest BCUT2D eigenvalue weighted by Crippen LogP contribution is 2.26. The van der Waals surface area contributed by atoms with Gasteiger partial charge in [0.25, 0.3) is 5.91 Å². The van der Waals surface area contributed by atoms with Crippen molar-refractivity contribution in [3.63, 3.8) is 0 Å². The molecular formula is C24H26F2N4O2. The van der Waals surface area contributed by atoms with Crippen LogP contribution in [0.15, 0.2) is 54.6 Å². The van der Waals surface area contributed by atoms with Crippen molar-refractivity contribution in [3.8, 4) is 5.69 Å². The van der Waals surface area contributed by atoms with Gasteiger partial charge in [-0.05, 0) is 43.3 Å². The predicted octanol–water partition coefficient (Wildman–Crippen LogP) is 4.55. The Labute approximate surface area is 185 Å². The highest BCUT2D eigenvalue weighted by molar-refractivity contribution is 5.99. The minimum Gasteiger partial charge on any atom is -0.330 e. The zero-order chi connectivity index (χ0) is 23.5. The number of rotatable bonds is 6. The Hall–Kier alpha value is -3.55. The molecule has 3 aromatic rings. The van der Waals surface area contributed by atoms with E-state index in [1.807, 2.05) is 20.8 Å². The van der Waals surface area contributed by atoms with Crippen LogP contribution in [-0.2, 0) is 10.2 Å². The molecule has 0 saturated heterocycles. The van der Waals surface area contributed by atoms with Gasteiger partial charge in [-0.1, -0.05) is 32.9 Å². The Balaban J connectivity index is 1.84. The number of anilines is 1. The van der Waals surface area contributed by atoms with E-state index < -0.39 is 17.6 Å². The first-order valence-corrected chi connectivity index (χ1v) is 10.3. The Morgan fingerprint density at radius 2 is 1.72 bits per heavy atom. The number of carbonyl (C=O) groups excluding carboxylic acids is 2. The predicted molar refractivity (Wildman–Crippen MR) is 119 cm³/mol. The molecule has 1 N–H and O–H groups in total. The zero-order valence-electron chi connectivity index (χ0n) is 18.5. The van der Waals surface area contributed by atoms with Gasteiger partial charge in [-0.3, -0.25) is 9.59 Å². The van der Waals surface area contributed by atoms with E-state index in [0.717, 1.165) is 5.69 Å². The molecule has 0 saturated carbocycles. The van der Waals surface area contributed by atoms with E-state index in [9.17, 15) is 18.4 Å². The Kier molecular flexibility index (Phi) is 6.72. The van der Waals surface area contributed by atoms with Gasteiger partial charge in [0.15, 0.2) is 0 Å². The smallest absolute Gasteiger partial charge is 0.257 e. The molecule has 0 aliphatic rings. The van der Waals surface area contributed by atoms with Crippen LogP contribution in [-0.4, -0.2) is 39.6 Å². The molecule has 0 atom stereocenters. The van der Waals surface area contributed by atoms with Crippen molar-refractivity contribution in [2.75, 3.05) is 18.4 Å². The quantitative estimate of drug-likeness (QED) is 0.612. The summed E-state index contributed by atoms with van der Waals surface area (Å²) >= 11 is 0. The third-order valence-corrected chi connectivity index (χ3v) is 4.92. The maximum Gasteiger partial charge on any atom is 0.257 e. The van der Waals surface area contributed by atoms with Crippen molar-refractivity contribution in [1.29, 1.82) is 0 Å². The van der Waals surface area contributed by atoms with Crippen molar-refractivity contribution < 1.29 is 18.4 Å². The summed E-state index contributed by atoms with van der Waals surface area (Å²) in [5.74, 6) is -1.65. The summed E-state index contributed by atoms with van der Waals surface area (Å²) in [7, 11) is 0. The third kappa shape index (κ3) is 5.19. The summed E-state index contributed by atoms with van der Waals surface area (Å²) in [6.45, 7) is 7.64. The van der Waals surface area contributed by atoms with Gasteiger partial charge < -0.3 is 10.2 Å². The third-order valence-electron chi connectivity index (χ3n) is 4.92. The van der Waals surface area contributed by atoms with Crippen LogP contribution in [0.2, 0.25) is 0 Å². The van der Waals surface area contributed by atoms with Crippen LogP contribution in [0.5, 0.6) is 0 Å². The molecule has 0 fully saturated rings. The lowest BCUT2D eigenvalue weighted by molar-refractivity contribution is -0.116. The first-order chi connectivity index (χ1) is 15.1. The monoisotopic (exact) mass is 440 g/mol. The van der Waals surface area contributed by atoms with Gasteiger partial charge in [-0.2, -0.15) is 5.10 Å². The highest BCUT2D eigenvalue weighted by atomic mass is 19.1. The second-order valence-corrected chi connectivity index (χ2v) is 8.40. The second-order valence-electron chi connectivity index (χ2n) is 8.40. The maximum atomic E-state index is 14.0. The summed E-state index contributed by atoms with van der Waals surface area (Å²) in [6.07, 6.45) is 0. The molecule has 2 aromatic carbocycles. The van der Waals surface area contributed by atoms with Crippen LogP contribution in [0.1, 0.15) is 43.7 Å². The molecule has 8 heteroatoms. The van der Waals surface area contributed by atoms with Gasteiger partial charge in [-0.15, -0.1) is 0 Å². The molecule has 3 rings (SSSR count). The largest absolute Gasteiger partial charge is 0.330 e. The summed E-state index contributed by atoms with van der Waals surface area (Å²) in [5.41, 5.74) is 0.925. The molecule has 32 heavy (non-hydrogen) atoms. The van der Waals surface area contributed by atoms with Crippen molar-refractivity contribution >= 4 is 17.6 Å². The highest BCUT2D eigenvalue weighted by Gasteiger charge is 2.24. The number of nitrogens with one attached hydrogen (secondary N) is 1. The fraction of sp³-hybridized carbons (Fsp3) is 0.292. The van der Waals surface area contributed by atoms with E-state index in [0.29, 0.717) is 11.5 Å². The second kappa shape index (κ2) is 9.30. The number of nitrogens with zero attached hydrogens (tertiary/aromatic N) is 3. The summed E-state index contributed by atoms with van der Waals surface area (Å²) < 4.78 is 28.9. The normalized spacial score (nSPS) is 11.3. The summed E-state index contributed by atoms with van der Waals surface area (Å²) in [4.78, 5) is 26.8. The van der Waals surface area contributed by atoms with Crippen molar-refractivity contribution in [1.82, 2.24) is 14.7 Å². The fourth-order valence-electron chi connectivity index (χ4n) is 3.10. The average molecular weight is 440 g/mol. The average Bonchev–Trinajstić information content (AvgIpc) is 3.16. The number of hydrogen-bond acceptors (Lipinski definition) is 3. The summed E-state index contributed by atoms with van der Waals surface area (Å²) in [5, 5.41) is 7.36. The van der Waals surface area contributed by atoms with E-state index in [2.05, 4.69) is 10.4 Å². The van der Waals surface area contributed by atoms with Crippen LogP contribution in [0, 0.1) is 11.6 Å². The van der Waals surface area contributed by atoms with Gasteiger partial charge in [0.1, 0.15) is 24.0 Å². The SMILES string of the molecule is CCN(CC(=O)Nc1cc(C(C)(C)C)nn1-c1ccc(F)cc1)C(=O)c1ccccc1F. The number of likely N-dealkylation sites (N-methyl/N-ethyl adjacent to an activating group) is 1. The molecule has 1 heterocycles. The van der Waals surface area contributed by atoms with Gasteiger partial charge in [0.2, 0.25) is 5.91 Å². The van der Waals surface area contributed by atoms with E-state index in [4.69, 9.17) is 0 Å². The van der Waals surface area contributed by atoms with Crippen molar-refractivity contribution in [2.45, 2.75) is 33.1 Å². The van der Waals surface area contributed by atoms with Gasteiger partial charge in [-0.25, -0.2) is 13.5 Å². The molecule has 6 nitrogen and oxygen atoms in total. The fourth-order valence-corrected chi connectivity index (χ4v) is 3.10. The number of benzene rings is 2. The van der Waals surface area contributed by atoms with Crippen molar-refractivity contribution in [3.05, 3.63) is 77.5 Å². The van der Waals surface area contributed by atoms with Crippen molar-refractivity contribution in [2.24, 2.45) is 0 Å². The Morgan fingerprint density at radius 1 is 1.06 bits per heavy atom. The number of aromatic nitrogens is 2. The van der Waals surface area contributed by atoms with Gasteiger partial charge in [0, 0.05) is 18.0 Å². The molecule has 0 radical (unpaired) electrons. The number of hydrogen-bond donors (Lipinski definition) is 1. The first-order valence-electron chi connectivity index (χ1n) is 10.3. The molecule has 168 valence electrons. The molecule has 0 aliphatic carbocycles. The molecule has 0 spiro atoms. The Bertz CT molecular complexity index is 1120. The van der Waals surface area contributed by atoms with E-state index in [1.54, 1.807) is 31.2 Å². The molecule has 0 bridgehead atoms. The van der Waals surface area contributed by atoms with Crippen LogP contribution in [0.3, 0.4) is 0 Å². The molecule has 1 aromatic heterocycles. The molecule has 2 amide bonds. The molecule has 0 aliphatic heterocycles. The lowest BCUT2D eigenvalue weighted by Gasteiger charge is -2.20. The van der Waals surface area contributed by atoms with Crippen LogP contribution >= 0.6 is 0 Å². The molecular weight excluding hydrogens is 414 g/mol.